The van der Waals surface area contributed by atoms with Crippen molar-refractivity contribution in [1.82, 2.24) is 20.3 Å². The fourth-order valence-electron chi connectivity index (χ4n) is 7.21. The molecule has 4 bridgehead atoms. The first-order chi connectivity index (χ1) is 20.3. The van der Waals surface area contributed by atoms with Gasteiger partial charge < -0.3 is 4.74 Å². The average Bonchev–Trinajstić information content (AvgIpc) is 2.97. The van der Waals surface area contributed by atoms with E-state index in [1.165, 1.54) is 22.3 Å². The largest absolute Gasteiger partial charge is 0.354 e. The van der Waals surface area contributed by atoms with Gasteiger partial charge in [-0.15, -0.1) is 0 Å². The van der Waals surface area contributed by atoms with Gasteiger partial charge in [-0.1, -0.05) is 85.3 Å². The zero-order valence-electron chi connectivity index (χ0n) is 24.7. The van der Waals surface area contributed by atoms with Crippen molar-refractivity contribution < 1.29 is 13.2 Å². The lowest BCUT2D eigenvalue weighted by atomic mass is 9.88. The van der Waals surface area contributed by atoms with E-state index in [0.717, 1.165) is 38.0 Å². The summed E-state index contributed by atoms with van der Waals surface area (Å²) in [5, 5.41) is 6.67. The Kier molecular flexibility index (Phi) is 9.09. The Morgan fingerprint density at radius 3 is 2.29 bits per heavy atom. The Balaban J connectivity index is 1.38. The molecule has 5 unspecified atom stereocenters. The summed E-state index contributed by atoms with van der Waals surface area (Å²) in [5.41, 5.74) is 5.98. The highest BCUT2D eigenvalue weighted by Gasteiger charge is 2.39. The monoisotopic (exact) mass is 588 g/mol. The van der Waals surface area contributed by atoms with Crippen LogP contribution in [0.2, 0.25) is 0 Å². The van der Waals surface area contributed by atoms with Gasteiger partial charge in [0.2, 0.25) is 10.0 Å². The van der Waals surface area contributed by atoms with Gasteiger partial charge in [0.1, 0.15) is 12.5 Å². The molecule has 3 aromatic rings. The molecule has 3 fully saturated rings. The summed E-state index contributed by atoms with van der Waals surface area (Å²) in [6.45, 7) is 6.62. The van der Waals surface area contributed by atoms with Crippen molar-refractivity contribution in [2.45, 2.75) is 82.4 Å². The van der Waals surface area contributed by atoms with Crippen LogP contribution in [0.3, 0.4) is 0 Å². The van der Waals surface area contributed by atoms with E-state index in [0.29, 0.717) is 25.2 Å². The molecule has 0 amide bonds. The average molecular weight is 589 g/mol. The van der Waals surface area contributed by atoms with Crippen LogP contribution in [0, 0.1) is 19.8 Å². The third-order valence-corrected chi connectivity index (χ3v) is 11.1. The quantitative estimate of drug-likeness (QED) is 0.384. The Hall–Kier alpha value is -2.59. The van der Waals surface area contributed by atoms with Crippen LogP contribution in [0.5, 0.6) is 0 Å². The number of fused-ring (bicyclic) bond motifs is 4. The minimum atomic E-state index is -3.56. The summed E-state index contributed by atoms with van der Waals surface area (Å²) in [6.07, 6.45) is 2.86. The van der Waals surface area contributed by atoms with E-state index in [9.17, 15) is 8.42 Å². The van der Waals surface area contributed by atoms with Gasteiger partial charge in [-0.25, -0.2) is 8.42 Å². The summed E-state index contributed by atoms with van der Waals surface area (Å²) < 4.78 is 37.6. The van der Waals surface area contributed by atoms with Crippen LogP contribution in [-0.2, 0) is 21.3 Å². The maximum absolute atomic E-state index is 13.8. The number of nitrogens with one attached hydrogen (secondary N) is 3. The fourth-order valence-corrected chi connectivity index (χ4v) is 8.87. The van der Waals surface area contributed by atoms with Crippen LogP contribution in [0.15, 0.2) is 78.9 Å². The maximum atomic E-state index is 13.8. The van der Waals surface area contributed by atoms with Crippen molar-refractivity contribution in [2.24, 2.45) is 5.92 Å². The van der Waals surface area contributed by atoms with Crippen LogP contribution in [0.4, 0.5) is 0 Å². The molecule has 0 spiro atoms. The molecule has 224 valence electrons. The lowest BCUT2D eigenvalue weighted by Gasteiger charge is -2.40. The SMILES string of the molecule is Cc1cccc(C)c1C1CC2NC(N1)NS(=O)(=O)C1CCCC(C1)CN(Cc1ccccc1)C[C@@H](c1ccccc1)O2. The number of benzene rings is 3. The van der Waals surface area contributed by atoms with E-state index in [1.54, 1.807) is 0 Å². The predicted octanol–water partition coefficient (Wildman–Crippen LogP) is 5.29. The van der Waals surface area contributed by atoms with E-state index in [-0.39, 0.29) is 18.4 Å². The summed E-state index contributed by atoms with van der Waals surface area (Å²) in [4.78, 5) is 2.49. The number of ether oxygens (including phenoxy) is 1. The minimum Gasteiger partial charge on any atom is -0.354 e. The Morgan fingerprint density at radius 1 is 0.833 bits per heavy atom. The summed E-state index contributed by atoms with van der Waals surface area (Å²) in [6, 6.07) is 27.3. The fraction of sp³-hybridized carbons (Fsp3) is 0.471. The minimum absolute atomic E-state index is 0.0637. The van der Waals surface area contributed by atoms with Gasteiger partial charge in [0.25, 0.3) is 0 Å². The summed E-state index contributed by atoms with van der Waals surface area (Å²) >= 11 is 0. The van der Waals surface area contributed by atoms with Gasteiger partial charge in [0, 0.05) is 32.1 Å². The van der Waals surface area contributed by atoms with Crippen LogP contribution in [0.1, 0.15) is 72.1 Å². The second-order valence-corrected chi connectivity index (χ2v) is 14.4. The number of aryl methyl sites for hydroxylation is 2. The first-order valence-electron chi connectivity index (χ1n) is 15.4. The third-order valence-electron chi connectivity index (χ3n) is 9.21. The first-order valence-corrected chi connectivity index (χ1v) is 16.9. The Bertz CT molecular complexity index is 1420. The number of sulfonamides is 1. The van der Waals surface area contributed by atoms with Gasteiger partial charge in [0.15, 0.2) is 0 Å². The van der Waals surface area contributed by atoms with Crippen molar-refractivity contribution in [3.8, 4) is 0 Å². The van der Waals surface area contributed by atoms with E-state index in [4.69, 9.17) is 4.74 Å². The normalized spacial score (nSPS) is 30.4. The number of hydrogen-bond donors (Lipinski definition) is 3. The molecule has 0 aromatic heterocycles. The molecule has 0 radical (unpaired) electrons. The highest BCUT2D eigenvalue weighted by atomic mass is 32.2. The molecular weight excluding hydrogens is 544 g/mol. The smallest absolute Gasteiger partial charge is 0.216 e. The first kappa shape index (κ1) is 29.5. The van der Waals surface area contributed by atoms with Crippen molar-refractivity contribution in [3.05, 3.63) is 107 Å². The molecule has 1 aliphatic carbocycles. The van der Waals surface area contributed by atoms with Crippen molar-refractivity contribution in [3.63, 3.8) is 0 Å². The zero-order valence-corrected chi connectivity index (χ0v) is 25.5. The van der Waals surface area contributed by atoms with Gasteiger partial charge in [-0.05, 0) is 66.8 Å². The molecule has 2 saturated heterocycles. The zero-order chi connectivity index (χ0) is 29.1. The van der Waals surface area contributed by atoms with E-state index in [2.05, 4.69) is 107 Å². The van der Waals surface area contributed by atoms with E-state index < -0.39 is 21.6 Å². The molecule has 3 aromatic carbocycles. The number of nitrogens with zero attached hydrogens (tertiary/aromatic N) is 1. The molecule has 42 heavy (non-hydrogen) atoms. The molecule has 3 aliphatic rings. The molecular formula is C34H44N4O3S. The second-order valence-electron chi connectivity index (χ2n) is 12.4. The van der Waals surface area contributed by atoms with Gasteiger partial charge in [-0.2, -0.15) is 4.72 Å². The van der Waals surface area contributed by atoms with E-state index in [1.807, 2.05) is 6.07 Å². The van der Waals surface area contributed by atoms with Crippen LogP contribution < -0.4 is 15.4 Å². The number of rotatable bonds is 4. The van der Waals surface area contributed by atoms with Crippen LogP contribution >= 0.6 is 0 Å². The van der Waals surface area contributed by atoms with Gasteiger partial charge >= 0.3 is 0 Å². The molecule has 6 rings (SSSR count). The molecule has 6 atom stereocenters. The number of hydrogen-bond acceptors (Lipinski definition) is 6. The Morgan fingerprint density at radius 2 is 1.55 bits per heavy atom. The van der Waals surface area contributed by atoms with Crippen LogP contribution in [-0.4, -0.2) is 44.2 Å². The molecule has 7 nitrogen and oxygen atoms in total. The summed E-state index contributed by atoms with van der Waals surface area (Å²) in [5.74, 6) is 0.309. The lowest BCUT2D eigenvalue weighted by molar-refractivity contribution is -0.0770. The molecule has 1 saturated carbocycles. The molecule has 3 N–H and O–H groups in total. The van der Waals surface area contributed by atoms with Crippen molar-refractivity contribution >= 4 is 10.0 Å². The van der Waals surface area contributed by atoms with E-state index >= 15 is 0 Å². The van der Waals surface area contributed by atoms with Gasteiger partial charge in [0.05, 0.1) is 11.4 Å². The van der Waals surface area contributed by atoms with Gasteiger partial charge in [-0.3, -0.25) is 15.5 Å². The van der Waals surface area contributed by atoms with Crippen molar-refractivity contribution in [2.75, 3.05) is 13.1 Å². The predicted molar refractivity (Wildman–Crippen MR) is 167 cm³/mol. The van der Waals surface area contributed by atoms with Crippen molar-refractivity contribution in [1.29, 1.82) is 0 Å². The molecule has 2 aliphatic heterocycles. The third kappa shape index (κ3) is 6.96. The topological polar surface area (TPSA) is 82.7 Å². The highest BCUT2D eigenvalue weighted by molar-refractivity contribution is 7.90. The standard InChI is InChI=1S/C34H44N4O3S/c1-24-11-9-12-25(2)33(24)30-20-32-36-34(35-30)37-42(39,40)29-18-10-15-27(19-29)22-38(21-26-13-5-3-6-14-26)23-31(41-32)28-16-7-4-8-17-28/h3-9,11-14,16-17,27,29-32,34-37H,10,15,18-23H2,1-2H3/t27?,29?,30?,31-,32?,34?/m0/s1. The Labute approximate surface area is 251 Å². The molecule has 2 heterocycles. The molecule has 8 heteroatoms. The van der Waals surface area contributed by atoms with Crippen LogP contribution in [0.25, 0.3) is 0 Å². The lowest BCUT2D eigenvalue weighted by Crippen LogP contribution is -2.64. The summed E-state index contributed by atoms with van der Waals surface area (Å²) in [7, 11) is -3.56. The second kappa shape index (κ2) is 13.0. The maximum Gasteiger partial charge on any atom is 0.216 e. The highest BCUT2D eigenvalue weighted by Crippen LogP contribution is 2.34.